The summed E-state index contributed by atoms with van der Waals surface area (Å²) >= 11 is 0. The molecule has 3 N–H and O–H groups in total. The number of nitrogens with zero attached hydrogens (tertiary/aromatic N) is 2. The van der Waals surface area contributed by atoms with E-state index in [1.54, 1.807) is 29.2 Å². The Morgan fingerprint density at radius 3 is 2.17 bits per heavy atom. The molecule has 0 aliphatic carbocycles. The number of hydrogen-bond acceptors (Lipinski definition) is 5. The van der Waals surface area contributed by atoms with Crippen LogP contribution in [-0.4, -0.2) is 68.8 Å². The Morgan fingerprint density at radius 1 is 1.10 bits per heavy atom. The molecule has 2 fully saturated rings. The van der Waals surface area contributed by atoms with Gasteiger partial charge in [0.1, 0.15) is 0 Å². The lowest BCUT2D eigenvalue weighted by molar-refractivity contribution is -0.138. The van der Waals surface area contributed by atoms with E-state index in [-0.39, 0.29) is 40.6 Å². The van der Waals surface area contributed by atoms with Crippen LogP contribution in [0.15, 0.2) is 29.2 Å². The molecule has 2 aliphatic heterocycles. The van der Waals surface area contributed by atoms with Crippen molar-refractivity contribution in [3.8, 4) is 0 Å². The Labute approximate surface area is 178 Å². The van der Waals surface area contributed by atoms with Crippen molar-refractivity contribution in [1.82, 2.24) is 14.5 Å². The molecule has 2 amide bonds. The third-order valence-corrected chi connectivity index (χ3v) is 7.52. The summed E-state index contributed by atoms with van der Waals surface area (Å²) in [5.74, 6) is -0.514. The van der Waals surface area contributed by atoms with Crippen LogP contribution in [0, 0.1) is 5.92 Å². The van der Waals surface area contributed by atoms with Crippen LogP contribution in [0.5, 0.6) is 0 Å². The number of hydrogen-bond donors (Lipinski definition) is 2. The highest BCUT2D eigenvalue weighted by Gasteiger charge is 2.37. The van der Waals surface area contributed by atoms with E-state index < -0.39 is 10.0 Å². The van der Waals surface area contributed by atoms with Gasteiger partial charge in [0.15, 0.2) is 0 Å². The van der Waals surface area contributed by atoms with Gasteiger partial charge in [-0.3, -0.25) is 14.5 Å². The molecule has 0 aromatic heterocycles. The van der Waals surface area contributed by atoms with Gasteiger partial charge in [-0.2, -0.15) is 0 Å². The fourth-order valence-corrected chi connectivity index (χ4v) is 4.90. The van der Waals surface area contributed by atoms with Gasteiger partial charge in [0.2, 0.25) is 21.8 Å². The monoisotopic (exact) mass is 436 g/mol. The van der Waals surface area contributed by atoms with Crippen molar-refractivity contribution in [2.45, 2.75) is 50.0 Å². The molecule has 2 heterocycles. The molecule has 8 nitrogen and oxygen atoms in total. The van der Waals surface area contributed by atoms with Crippen LogP contribution in [0.2, 0.25) is 0 Å². The molecule has 9 heteroatoms. The normalized spacial score (nSPS) is 19.5. The van der Waals surface area contributed by atoms with Gasteiger partial charge in [0, 0.05) is 25.0 Å². The standard InChI is InChI=1S/C21H32N4O4S/c1-21(2,3)16-4-6-18(7-5-16)30(28,29)23-12-19(26)25-13-17(14-25)24-10-8-15(9-11-24)20(22)27/h4-7,15,17,23H,8-14H2,1-3H3,(H2,22,27). The number of piperidine rings is 1. The number of nitrogens with two attached hydrogens (primary N) is 1. The molecule has 0 spiro atoms. The molecule has 166 valence electrons. The summed E-state index contributed by atoms with van der Waals surface area (Å²) in [6.45, 7) is 8.72. The maximum absolute atomic E-state index is 12.5. The Hall–Kier alpha value is -1.97. The van der Waals surface area contributed by atoms with Gasteiger partial charge in [-0.05, 0) is 49.0 Å². The van der Waals surface area contributed by atoms with Gasteiger partial charge in [-0.25, -0.2) is 13.1 Å². The van der Waals surface area contributed by atoms with Crippen LogP contribution in [0.25, 0.3) is 0 Å². The molecule has 30 heavy (non-hydrogen) atoms. The lowest BCUT2D eigenvalue weighted by atomic mass is 9.87. The van der Waals surface area contributed by atoms with E-state index in [4.69, 9.17) is 5.73 Å². The average Bonchev–Trinajstić information content (AvgIpc) is 2.65. The number of likely N-dealkylation sites (tertiary alicyclic amines) is 2. The van der Waals surface area contributed by atoms with Gasteiger partial charge in [-0.1, -0.05) is 32.9 Å². The summed E-state index contributed by atoms with van der Waals surface area (Å²) in [7, 11) is -3.74. The van der Waals surface area contributed by atoms with Crippen LogP contribution in [-0.2, 0) is 25.0 Å². The maximum Gasteiger partial charge on any atom is 0.241 e. The van der Waals surface area contributed by atoms with Gasteiger partial charge in [0.05, 0.1) is 11.4 Å². The largest absolute Gasteiger partial charge is 0.369 e. The number of carbonyl (C=O) groups is 2. The molecule has 0 saturated carbocycles. The number of primary amides is 1. The average molecular weight is 437 g/mol. The van der Waals surface area contributed by atoms with Gasteiger partial charge in [-0.15, -0.1) is 0 Å². The molecule has 2 saturated heterocycles. The maximum atomic E-state index is 12.5. The first-order valence-electron chi connectivity index (χ1n) is 10.4. The Balaban J connectivity index is 1.45. The first-order valence-corrected chi connectivity index (χ1v) is 11.9. The fourth-order valence-electron chi connectivity index (χ4n) is 3.92. The molecule has 0 atom stereocenters. The van der Waals surface area contributed by atoms with Crippen LogP contribution >= 0.6 is 0 Å². The Kier molecular flexibility index (Phi) is 6.54. The van der Waals surface area contributed by atoms with Crippen LogP contribution in [0.4, 0.5) is 0 Å². The minimum absolute atomic E-state index is 0.0501. The number of nitrogens with one attached hydrogen (secondary N) is 1. The predicted molar refractivity (Wildman–Crippen MR) is 114 cm³/mol. The van der Waals surface area contributed by atoms with E-state index in [9.17, 15) is 18.0 Å². The summed E-state index contributed by atoms with van der Waals surface area (Å²) in [6, 6.07) is 7.02. The number of amides is 2. The van der Waals surface area contributed by atoms with E-state index in [0.717, 1.165) is 31.5 Å². The van der Waals surface area contributed by atoms with Crippen molar-refractivity contribution in [1.29, 1.82) is 0 Å². The van der Waals surface area contributed by atoms with Crippen molar-refractivity contribution < 1.29 is 18.0 Å². The van der Waals surface area contributed by atoms with E-state index in [2.05, 4.69) is 30.4 Å². The zero-order chi connectivity index (χ0) is 22.1. The topological polar surface area (TPSA) is 113 Å². The SMILES string of the molecule is CC(C)(C)c1ccc(S(=O)(=O)NCC(=O)N2CC(N3CCC(C(N)=O)CC3)C2)cc1. The highest BCUT2D eigenvalue weighted by molar-refractivity contribution is 7.89. The first-order chi connectivity index (χ1) is 14.0. The number of carbonyl (C=O) groups excluding carboxylic acids is 2. The van der Waals surface area contributed by atoms with Crippen LogP contribution < -0.4 is 10.5 Å². The van der Waals surface area contributed by atoms with E-state index in [0.29, 0.717) is 13.1 Å². The van der Waals surface area contributed by atoms with Crippen molar-refractivity contribution in [2.24, 2.45) is 11.7 Å². The summed E-state index contributed by atoms with van der Waals surface area (Å²) in [5.41, 5.74) is 6.35. The summed E-state index contributed by atoms with van der Waals surface area (Å²) in [5, 5.41) is 0. The number of benzene rings is 1. The molecule has 0 unspecified atom stereocenters. The zero-order valence-corrected chi connectivity index (χ0v) is 18.7. The second-order valence-electron chi connectivity index (χ2n) is 9.26. The summed E-state index contributed by atoms with van der Waals surface area (Å²) < 4.78 is 27.4. The smallest absolute Gasteiger partial charge is 0.241 e. The first kappa shape index (κ1) is 22.7. The van der Waals surface area contributed by atoms with E-state index in [1.807, 2.05) is 0 Å². The third kappa shape index (κ3) is 5.19. The summed E-state index contributed by atoms with van der Waals surface area (Å²) in [6.07, 6.45) is 1.52. The van der Waals surface area contributed by atoms with Gasteiger partial charge < -0.3 is 10.6 Å². The minimum Gasteiger partial charge on any atom is -0.369 e. The molecular weight excluding hydrogens is 404 g/mol. The van der Waals surface area contributed by atoms with Gasteiger partial charge in [0.25, 0.3) is 0 Å². The molecular formula is C21H32N4O4S. The van der Waals surface area contributed by atoms with Crippen molar-refractivity contribution in [3.05, 3.63) is 29.8 Å². The van der Waals surface area contributed by atoms with Crippen molar-refractivity contribution in [3.63, 3.8) is 0 Å². The van der Waals surface area contributed by atoms with Gasteiger partial charge >= 0.3 is 0 Å². The highest BCUT2D eigenvalue weighted by Crippen LogP contribution is 2.24. The minimum atomic E-state index is -3.74. The molecule has 2 aliphatic rings. The Morgan fingerprint density at radius 2 is 1.67 bits per heavy atom. The molecule has 1 aromatic carbocycles. The Bertz CT molecular complexity index is 879. The number of rotatable bonds is 6. The second-order valence-corrected chi connectivity index (χ2v) is 11.0. The highest BCUT2D eigenvalue weighted by atomic mass is 32.2. The van der Waals surface area contributed by atoms with E-state index >= 15 is 0 Å². The third-order valence-electron chi connectivity index (χ3n) is 6.11. The predicted octanol–water partition coefficient (Wildman–Crippen LogP) is 0.671. The molecule has 0 bridgehead atoms. The van der Waals surface area contributed by atoms with Crippen LogP contribution in [0.3, 0.4) is 0 Å². The lowest BCUT2D eigenvalue weighted by Crippen LogP contribution is -2.63. The molecule has 3 rings (SSSR count). The number of sulfonamides is 1. The van der Waals surface area contributed by atoms with Crippen molar-refractivity contribution >= 4 is 21.8 Å². The second kappa shape index (κ2) is 8.64. The molecule has 0 radical (unpaired) electrons. The van der Waals surface area contributed by atoms with Crippen LogP contribution in [0.1, 0.15) is 39.2 Å². The van der Waals surface area contributed by atoms with E-state index in [1.165, 1.54) is 0 Å². The quantitative estimate of drug-likeness (QED) is 0.681. The fraction of sp³-hybridized carbons (Fsp3) is 0.619. The molecule has 1 aromatic rings. The zero-order valence-electron chi connectivity index (χ0n) is 17.9. The lowest BCUT2D eigenvalue weighted by Gasteiger charge is -2.47. The van der Waals surface area contributed by atoms with Crippen molar-refractivity contribution in [2.75, 3.05) is 32.7 Å². The summed E-state index contributed by atoms with van der Waals surface area (Å²) in [4.78, 5) is 27.7.